The zero-order valence-corrected chi connectivity index (χ0v) is 48.1. The van der Waals surface area contributed by atoms with Gasteiger partial charge in [0, 0.05) is 105 Å². The molecule has 2 saturated carbocycles. The number of benzene rings is 2. The molecule has 440 valence electrons. The number of ether oxygens (including phenoxy) is 4. The van der Waals surface area contributed by atoms with E-state index in [1.54, 1.807) is 60.0 Å². The summed E-state index contributed by atoms with van der Waals surface area (Å²) < 4.78 is 79.6. The first-order chi connectivity index (χ1) is 39.7. The molecular weight excluding hydrogens is 1080 g/mol. The van der Waals surface area contributed by atoms with Gasteiger partial charge in [-0.3, -0.25) is 14.6 Å². The maximum absolute atomic E-state index is 13.9. The monoisotopic (exact) mass is 1150 g/mol. The van der Waals surface area contributed by atoms with Crippen LogP contribution in [0.4, 0.5) is 20.2 Å². The molecule has 0 amide bonds. The number of morpholine rings is 2. The van der Waals surface area contributed by atoms with Gasteiger partial charge in [-0.15, -0.1) is 0 Å². The molecule has 1 N–H and O–H groups in total. The van der Waals surface area contributed by atoms with E-state index >= 15 is 0 Å². The van der Waals surface area contributed by atoms with Crippen LogP contribution in [0.25, 0.3) is 33.4 Å². The van der Waals surface area contributed by atoms with E-state index in [0.29, 0.717) is 67.1 Å². The third-order valence-electron chi connectivity index (χ3n) is 17.5. The number of hydrogen-bond acceptors (Lipinski definition) is 16. The number of pyridine rings is 2. The Morgan fingerprint density at radius 2 is 1.05 bits per heavy atom. The Bertz CT molecular complexity index is 3340. The van der Waals surface area contributed by atoms with Gasteiger partial charge in [-0.25, -0.2) is 45.6 Å². The molecule has 2 atom stereocenters. The van der Waals surface area contributed by atoms with Gasteiger partial charge in [0.25, 0.3) is 0 Å². The summed E-state index contributed by atoms with van der Waals surface area (Å²) >= 11 is 0. The summed E-state index contributed by atoms with van der Waals surface area (Å²) in [5.74, 6) is -2.44. The predicted octanol–water partition coefficient (Wildman–Crippen LogP) is 7.06. The number of ketones is 1. The molecule has 12 rings (SSSR count). The van der Waals surface area contributed by atoms with Crippen LogP contribution in [-0.2, 0) is 29.0 Å². The SMILES string of the molecule is COCC1CN(C2CCN(c3cc(C(=O)CS(=O)(=O)N(C)C)nc4c3c(C3CCC3)nn4-c3ccc(F)cc3)CC2)CCO1.COCC1CN(C2CCN(c3cc(C(=O)O)nc4c3c(C3CCC3)nn4-c3ccc(F)cc3)CC2)CCO1. The molecule has 82 heavy (non-hydrogen) atoms. The van der Waals surface area contributed by atoms with Crippen molar-refractivity contribution in [3.8, 4) is 11.4 Å². The number of anilines is 2. The quantitative estimate of drug-likeness (QED) is 0.0909. The fourth-order valence-electron chi connectivity index (χ4n) is 12.5. The largest absolute Gasteiger partial charge is 0.477 e. The second-order valence-corrected chi connectivity index (χ2v) is 25.0. The van der Waals surface area contributed by atoms with Gasteiger partial charge in [0.05, 0.1) is 83.5 Å². The molecule has 8 heterocycles. The van der Waals surface area contributed by atoms with Crippen molar-refractivity contribution in [2.24, 2.45) is 0 Å². The standard InChI is InChI=1S/C31H41FN6O5S.C28H34FN5O4/c1-35(2)44(40,41)20-28(39)26-17-27(36-13-11-23(12-14-36)37-15-16-43-25(18-37)19-42-3)29-30(21-5-4-6-21)34-38(31(29)33-26)24-9-7-22(32)8-10-24;1-37-17-22-16-33(13-14-38-22)20-9-11-32(12-10-20)24-15-23(28(35)36)30-27-25(24)26(18-3-2-4-18)31-34(27)21-7-5-19(29)6-8-21/h7-10,17,21,23,25H,4-6,11-16,18-20H2,1-3H3;5-8,15,18,20,22H,2-4,9-14,16-17H2,1H3,(H,35,36). The van der Waals surface area contributed by atoms with E-state index < -0.39 is 27.5 Å². The maximum atomic E-state index is 13.9. The number of hydrogen-bond donors (Lipinski definition) is 1. The lowest BCUT2D eigenvalue weighted by Gasteiger charge is -2.43. The molecule has 20 nitrogen and oxygen atoms in total. The summed E-state index contributed by atoms with van der Waals surface area (Å²) in [6, 6.07) is 16.5. The maximum Gasteiger partial charge on any atom is 0.354 e. The van der Waals surface area contributed by atoms with Gasteiger partial charge in [0.2, 0.25) is 10.0 Å². The molecule has 0 spiro atoms. The Hall–Kier alpha value is -6.05. The molecule has 6 fully saturated rings. The van der Waals surface area contributed by atoms with E-state index in [1.165, 1.54) is 38.4 Å². The van der Waals surface area contributed by atoms with E-state index in [-0.39, 0.29) is 41.1 Å². The summed E-state index contributed by atoms with van der Waals surface area (Å²) in [5.41, 5.74) is 6.01. The summed E-state index contributed by atoms with van der Waals surface area (Å²) in [7, 11) is 2.43. The number of Topliss-reactive ketones (excluding diaryl/α,β-unsaturated/α-hetero) is 1. The molecule has 23 heteroatoms. The van der Waals surface area contributed by atoms with Crippen LogP contribution in [0.1, 0.15) is 108 Å². The molecule has 2 unspecified atom stereocenters. The van der Waals surface area contributed by atoms with Crippen LogP contribution < -0.4 is 9.80 Å². The number of carbonyl (C=O) groups excluding carboxylic acids is 1. The average Bonchev–Trinajstić information content (AvgIpc) is 3.36. The average molecular weight is 1150 g/mol. The van der Waals surface area contributed by atoms with E-state index in [2.05, 4.69) is 24.6 Å². The number of carboxylic acid groups (broad SMARTS) is 1. The van der Waals surface area contributed by atoms with Gasteiger partial charge < -0.3 is 33.9 Å². The summed E-state index contributed by atoms with van der Waals surface area (Å²) in [6.45, 7) is 9.28. The Kier molecular flexibility index (Phi) is 17.6. The van der Waals surface area contributed by atoms with Gasteiger partial charge in [0.15, 0.2) is 22.8 Å². The lowest BCUT2D eigenvalue weighted by Crippen LogP contribution is -2.52. The van der Waals surface area contributed by atoms with Crippen molar-refractivity contribution in [1.82, 2.24) is 43.6 Å². The van der Waals surface area contributed by atoms with Crippen molar-refractivity contribution in [3.63, 3.8) is 0 Å². The first-order valence-corrected chi connectivity index (χ1v) is 30.5. The van der Waals surface area contributed by atoms with Gasteiger partial charge >= 0.3 is 5.97 Å². The fourth-order valence-corrected chi connectivity index (χ4v) is 13.2. The molecule has 0 radical (unpaired) electrons. The number of nitrogens with zero attached hydrogens (tertiary/aromatic N) is 11. The molecular formula is C59H75F2N11O9S. The third-order valence-corrected chi connectivity index (χ3v) is 19.2. The van der Waals surface area contributed by atoms with Crippen molar-refractivity contribution in [3.05, 3.63) is 95.1 Å². The number of carboxylic acids is 1. The van der Waals surface area contributed by atoms with Crippen LogP contribution >= 0.6 is 0 Å². The zero-order chi connectivity index (χ0) is 57.2. The van der Waals surface area contributed by atoms with Crippen LogP contribution in [0.2, 0.25) is 0 Å². The highest BCUT2D eigenvalue weighted by molar-refractivity contribution is 7.89. The number of rotatable bonds is 17. The number of piperidine rings is 2. The van der Waals surface area contributed by atoms with Crippen molar-refractivity contribution < 1.29 is 50.8 Å². The van der Waals surface area contributed by atoms with E-state index in [0.717, 1.165) is 154 Å². The first-order valence-electron chi connectivity index (χ1n) is 28.9. The summed E-state index contributed by atoms with van der Waals surface area (Å²) in [5, 5.41) is 21.7. The van der Waals surface area contributed by atoms with Gasteiger partial charge in [0.1, 0.15) is 23.1 Å². The van der Waals surface area contributed by atoms with Crippen molar-refractivity contribution in [2.45, 2.75) is 100 Å². The van der Waals surface area contributed by atoms with Gasteiger partial charge in [-0.05, 0) is 112 Å². The highest BCUT2D eigenvalue weighted by Gasteiger charge is 2.37. The Labute approximate surface area is 477 Å². The normalized spacial score (nSPS) is 21.2. The topological polar surface area (TPSA) is 203 Å². The number of methoxy groups -OCH3 is 2. The number of fused-ring (bicyclic) bond motifs is 2. The van der Waals surface area contributed by atoms with Crippen LogP contribution in [0.15, 0.2) is 60.7 Å². The molecule has 4 saturated heterocycles. The van der Waals surface area contributed by atoms with Crippen LogP contribution in [0, 0.1) is 11.6 Å². The van der Waals surface area contributed by atoms with Crippen molar-refractivity contribution >= 4 is 55.2 Å². The minimum atomic E-state index is -3.79. The number of carbonyl (C=O) groups is 2. The second-order valence-electron chi connectivity index (χ2n) is 22.8. The fraction of sp³-hybridized carbons (Fsp3) is 0.559. The minimum Gasteiger partial charge on any atom is -0.477 e. The van der Waals surface area contributed by atoms with Crippen molar-refractivity contribution in [1.29, 1.82) is 0 Å². The number of sulfonamides is 1. The summed E-state index contributed by atoms with van der Waals surface area (Å²) in [6.07, 6.45) is 10.4. The van der Waals surface area contributed by atoms with Crippen LogP contribution in [0.3, 0.4) is 0 Å². The molecule has 6 aromatic rings. The predicted molar refractivity (Wildman–Crippen MR) is 306 cm³/mol. The molecule has 2 aromatic carbocycles. The molecule has 6 aliphatic rings. The van der Waals surface area contributed by atoms with Crippen LogP contribution in [-0.4, -0.2) is 206 Å². The van der Waals surface area contributed by atoms with Crippen LogP contribution in [0.5, 0.6) is 0 Å². The zero-order valence-electron chi connectivity index (χ0n) is 47.3. The molecule has 0 bridgehead atoms. The smallest absolute Gasteiger partial charge is 0.354 e. The lowest BCUT2D eigenvalue weighted by molar-refractivity contribution is -0.0740. The Morgan fingerprint density at radius 3 is 1.43 bits per heavy atom. The van der Waals surface area contributed by atoms with Gasteiger partial charge in [-0.2, -0.15) is 10.2 Å². The third kappa shape index (κ3) is 12.3. The summed E-state index contributed by atoms with van der Waals surface area (Å²) in [4.78, 5) is 44.6. The Morgan fingerprint density at radius 1 is 0.634 bits per heavy atom. The van der Waals surface area contributed by atoms with Crippen molar-refractivity contribution in [2.75, 3.05) is 123 Å². The Balaban J connectivity index is 0.000000174. The van der Waals surface area contributed by atoms with E-state index in [1.807, 2.05) is 0 Å². The van der Waals surface area contributed by atoms with E-state index in [4.69, 9.17) is 34.1 Å². The molecule has 4 aliphatic heterocycles. The number of halogens is 2. The lowest BCUT2D eigenvalue weighted by atomic mass is 9.82. The highest BCUT2D eigenvalue weighted by atomic mass is 32.2. The highest BCUT2D eigenvalue weighted by Crippen LogP contribution is 2.45. The minimum absolute atomic E-state index is 0.00590. The number of aromatic nitrogens is 6. The molecule has 2 aliphatic carbocycles. The number of aromatic carboxylic acids is 1. The van der Waals surface area contributed by atoms with Gasteiger partial charge in [-0.1, -0.05) is 12.8 Å². The first kappa shape index (κ1) is 57.8. The molecule has 4 aromatic heterocycles. The second kappa shape index (κ2) is 25.0. The van der Waals surface area contributed by atoms with E-state index in [9.17, 15) is 31.9 Å².